The number of benzene rings is 1. The van der Waals surface area contributed by atoms with E-state index in [1.165, 1.54) is 4.40 Å². The van der Waals surface area contributed by atoms with E-state index in [0.29, 0.717) is 28.9 Å². The van der Waals surface area contributed by atoms with Crippen LogP contribution in [0.1, 0.15) is 6.92 Å². The number of aromatic nitrogens is 2. The number of hydrogen-bond acceptors (Lipinski definition) is 3. The Hall–Kier alpha value is -2.36. The summed E-state index contributed by atoms with van der Waals surface area (Å²) in [7, 11) is 0. The average molecular weight is 240 g/mol. The van der Waals surface area contributed by atoms with Gasteiger partial charge in [-0.15, -0.1) is 0 Å². The lowest BCUT2D eigenvalue weighted by Gasteiger charge is -2.07. The number of ether oxygens (including phenoxy) is 1. The smallest absolute Gasteiger partial charge is 0.269 e. The molecule has 3 aromatic rings. The normalized spacial score (nSPS) is 10.9. The van der Waals surface area contributed by atoms with Crippen molar-refractivity contribution in [2.24, 2.45) is 0 Å². The molecule has 0 aliphatic heterocycles. The van der Waals surface area contributed by atoms with Crippen LogP contribution in [0, 0.1) is 0 Å². The zero-order chi connectivity index (χ0) is 12.5. The van der Waals surface area contributed by atoms with Crippen LogP contribution in [0.4, 0.5) is 0 Å². The quantitative estimate of drug-likeness (QED) is 0.645. The molecule has 0 N–H and O–H groups in total. The maximum absolute atomic E-state index is 12.4. The summed E-state index contributed by atoms with van der Waals surface area (Å²) in [5, 5.41) is 0.531. The van der Waals surface area contributed by atoms with Gasteiger partial charge in [-0.05, 0) is 31.2 Å². The summed E-state index contributed by atoms with van der Waals surface area (Å²) in [6.45, 7) is 2.42. The van der Waals surface area contributed by atoms with E-state index in [9.17, 15) is 4.79 Å². The lowest BCUT2D eigenvalue weighted by Crippen LogP contribution is -2.15. The summed E-state index contributed by atoms with van der Waals surface area (Å²) in [6.07, 6.45) is 1.72. The maximum Gasteiger partial charge on any atom is 0.269 e. The van der Waals surface area contributed by atoms with Crippen LogP contribution in [-0.2, 0) is 0 Å². The molecule has 0 amide bonds. The van der Waals surface area contributed by atoms with Gasteiger partial charge in [-0.3, -0.25) is 9.20 Å². The van der Waals surface area contributed by atoms with Crippen molar-refractivity contribution in [3.63, 3.8) is 0 Å². The molecule has 0 unspecified atom stereocenters. The van der Waals surface area contributed by atoms with Crippen molar-refractivity contribution in [3.05, 3.63) is 52.9 Å². The van der Waals surface area contributed by atoms with Crippen LogP contribution in [0.25, 0.3) is 16.6 Å². The Balaban J connectivity index is 2.49. The van der Waals surface area contributed by atoms with Crippen LogP contribution >= 0.6 is 0 Å². The molecule has 90 valence electrons. The second-order valence-corrected chi connectivity index (χ2v) is 3.93. The predicted molar refractivity (Wildman–Crippen MR) is 70.1 cm³/mol. The van der Waals surface area contributed by atoms with Gasteiger partial charge >= 0.3 is 0 Å². The summed E-state index contributed by atoms with van der Waals surface area (Å²) in [6, 6.07) is 11.0. The molecule has 3 rings (SSSR count). The van der Waals surface area contributed by atoms with E-state index in [1.807, 2.05) is 37.3 Å². The number of fused-ring (bicyclic) bond motifs is 2. The zero-order valence-corrected chi connectivity index (χ0v) is 9.96. The Morgan fingerprint density at radius 2 is 2.11 bits per heavy atom. The van der Waals surface area contributed by atoms with Crippen LogP contribution in [0.5, 0.6) is 5.75 Å². The summed E-state index contributed by atoms with van der Waals surface area (Å²) >= 11 is 0. The largest absolute Gasteiger partial charge is 0.493 e. The van der Waals surface area contributed by atoms with Crippen LogP contribution in [0.3, 0.4) is 0 Å². The molecular weight excluding hydrogens is 228 g/mol. The highest BCUT2D eigenvalue weighted by Gasteiger charge is 2.09. The Kier molecular flexibility index (Phi) is 2.48. The van der Waals surface area contributed by atoms with Gasteiger partial charge in [0.1, 0.15) is 16.8 Å². The van der Waals surface area contributed by atoms with E-state index in [0.717, 1.165) is 0 Å². The molecule has 0 saturated heterocycles. The van der Waals surface area contributed by atoms with Crippen LogP contribution in [0.15, 0.2) is 47.4 Å². The lowest BCUT2D eigenvalue weighted by atomic mass is 10.2. The van der Waals surface area contributed by atoms with Crippen LogP contribution in [0.2, 0.25) is 0 Å². The number of rotatable bonds is 2. The minimum Gasteiger partial charge on any atom is -0.493 e. The van der Waals surface area contributed by atoms with Crippen molar-refractivity contribution in [1.82, 2.24) is 9.38 Å². The molecule has 0 aliphatic carbocycles. The van der Waals surface area contributed by atoms with Crippen molar-refractivity contribution < 1.29 is 4.74 Å². The molecule has 0 radical (unpaired) electrons. The second kappa shape index (κ2) is 4.14. The standard InChI is InChI=1S/C14H12N2O2/c1-2-18-11-7-5-6-10-13(11)14(17)16-9-4-3-8-12(16)15-10/h3-9H,2H2,1H3. The molecule has 2 heterocycles. The molecule has 0 atom stereocenters. The minimum atomic E-state index is -0.0975. The van der Waals surface area contributed by atoms with E-state index in [4.69, 9.17) is 4.74 Å². The van der Waals surface area contributed by atoms with E-state index in [1.54, 1.807) is 12.3 Å². The predicted octanol–water partition coefficient (Wildman–Crippen LogP) is 2.25. The molecule has 0 fully saturated rings. The van der Waals surface area contributed by atoms with E-state index in [2.05, 4.69) is 4.98 Å². The highest BCUT2D eigenvalue weighted by atomic mass is 16.5. The van der Waals surface area contributed by atoms with Gasteiger partial charge in [0.05, 0.1) is 12.1 Å². The Labute approximate surface area is 103 Å². The van der Waals surface area contributed by atoms with Crippen LogP contribution in [-0.4, -0.2) is 16.0 Å². The van der Waals surface area contributed by atoms with E-state index < -0.39 is 0 Å². The Bertz CT molecular complexity index is 777. The van der Waals surface area contributed by atoms with Gasteiger partial charge in [0.15, 0.2) is 0 Å². The maximum atomic E-state index is 12.4. The highest BCUT2D eigenvalue weighted by Crippen LogP contribution is 2.21. The van der Waals surface area contributed by atoms with Gasteiger partial charge in [-0.2, -0.15) is 0 Å². The fraction of sp³-hybridized carbons (Fsp3) is 0.143. The van der Waals surface area contributed by atoms with Gasteiger partial charge in [-0.25, -0.2) is 4.98 Å². The fourth-order valence-electron chi connectivity index (χ4n) is 2.04. The van der Waals surface area contributed by atoms with E-state index >= 15 is 0 Å². The summed E-state index contributed by atoms with van der Waals surface area (Å²) in [4.78, 5) is 16.9. The highest BCUT2D eigenvalue weighted by molar-refractivity contribution is 5.85. The lowest BCUT2D eigenvalue weighted by molar-refractivity contribution is 0.344. The third-order valence-electron chi connectivity index (χ3n) is 2.81. The molecule has 0 bridgehead atoms. The summed E-state index contributed by atoms with van der Waals surface area (Å²) in [5.74, 6) is 0.589. The first-order valence-corrected chi connectivity index (χ1v) is 5.84. The molecule has 2 aromatic heterocycles. The summed E-state index contributed by atoms with van der Waals surface area (Å²) < 4.78 is 7.03. The topological polar surface area (TPSA) is 43.6 Å². The second-order valence-electron chi connectivity index (χ2n) is 3.93. The molecule has 0 spiro atoms. The molecular formula is C14H12N2O2. The summed E-state index contributed by atoms with van der Waals surface area (Å²) in [5.41, 5.74) is 1.21. The SMILES string of the molecule is CCOc1cccc2nc3ccccn3c(=O)c12. The van der Waals surface area contributed by atoms with Crippen molar-refractivity contribution in [2.45, 2.75) is 6.92 Å². The molecule has 4 nitrogen and oxygen atoms in total. The van der Waals surface area contributed by atoms with Gasteiger partial charge < -0.3 is 4.74 Å². The third-order valence-corrected chi connectivity index (χ3v) is 2.81. The number of hydrogen-bond donors (Lipinski definition) is 0. The Morgan fingerprint density at radius 3 is 2.94 bits per heavy atom. The first-order chi connectivity index (χ1) is 8.81. The van der Waals surface area contributed by atoms with Gasteiger partial charge in [0.25, 0.3) is 5.56 Å². The minimum absolute atomic E-state index is 0.0975. The van der Waals surface area contributed by atoms with Crippen molar-refractivity contribution in [1.29, 1.82) is 0 Å². The first-order valence-electron chi connectivity index (χ1n) is 5.84. The third kappa shape index (κ3) is 1.54. The molecule has 1 aromatic carbocycles. The molecule has 0 aliphatic rings. The molecule has 4 heteroatoms. The average Bonchev–Trinajstić information content (AvgIpc) is 2.39. The molecule has 0 saturated carbocycles. The zero-order valence-electron chi connectivity index (χ0n) is 9.96. The van der Waals surface area contributed by atoms with Gasteiger partial charge in [-0.1, -0.05) is 12.1 Å². The first kappa shape index (κ1) is 10.8. The van der Waals surface area contributed by atoms with Gasteiger partial charge in [0, 0.05) is 6.20 Å². The number of nitrogens with zero attached hydrogens (tertiary/aromatic N) is 2. The van der Waals surface area contributed by atoms with E-state index in [-0.39, 0.29) is 5.56 Å². The van der Waals surface area contributed by atoms with Crippen molar-refractivity contribution in [2.75, 3.05) is 6.61 Å². The van der Waals surface area contributed by atoms with Crippen molar-refractivity contribution in [3.8, 4) is 5.75 Å². The molecule has 18 heavy (non-hydrogen) atoms. The Morgan fingerprint density at radius 1 is 1.22 bits per heavy atom. The monoisotopic (exact) mass is 240 g/mol. The number of pyridine rings is 1. The van der Waals surface area contributed by atoms with Crippen LogP contribution < -0.4 is 10.3 Å². The fourth-order valence-corrected chi connectivity index (χ4v) is 2.04. The van der Waals surface area contributed by atoms with Gasteiger partial charge in [0.2, 0.25) is 0 Å². The van der Waals surface area contributed by atoms with Crippen molar-refractivity contribution >= 4 is 16.6 Å².